The lowest BCUT2D eigenvalue weighted by molar-refractivity contribution is -0.118. The van der Waals surface area contributed by atoms with Crippen molar-refractivity contribution in [3.05, 3.63) is 58.0 Å². The summed E-state index contributed by atoms with van der Waals surface area (Å²) in [5.41, 5.74) is 0.499. The number of halogens is 1. The molecule has 0 saturated heterocycles. The van der Waals surface area contributed by atoms with Crippen molar-refractivity contribution in [1.82, 2.24) is 0 Å². The molecule has 0 aliphatic carbocycles. The lowest BCUT2D eigenvalue weighted by atomic mass is 10.0. The van der Waals surface area contributed by atoms with Crippen LogP contribution in [0.3, 0.4) is 0 Å². The fraction of sp³-hybridized carbons (Fsp3) is 0.267. The van der Waals surface area contributed by atoms with Gasteiger partial charge in [0, 0.05) is 17.7 Å². The van der Waals surface area contributed by atoms with Crippen LogP contribution in [0.25, 0.3) is 0 Å². The molecule has 2 rings (SSSR count). The highest BCUT2D eigenvalue weighted by Crippen LogP contribution is 2.13. The lowest BCUT2D eigenvalue weighted by Gasteiger charge is -2.02. The molecule has 0 atom stereocenters. The van der Waals surface area contributed by atoms with Crippen molar-refractivity contribution in [2.24, 2.45) is 0 Å². The summed E-state index contributed by atoms with van der Waals surface area (Å²) in [6, 6.07) is 10.6. The van der Waals surface area contributed by atoms with E-state index >= 15 is 0 Å². The molecule has 0 fully saturated rings. The first-order valence-corrected chi connectivity index (χ1v) is 6.91. The molecule has 0 N–H and O–H groups in total. The van der Waals surface area contributed by atoms with E-state index in [1.807, 2.05) is 11.4 Å². The van der Waals surface area contributed by atoms with Crippen LogP contribution in [-0.4, -0.2) is 5.78 Å². The van der Waals surface area contributed by atoms with Gasteiger partial charge in [-0.25, -0.2) is 4.39 Å². The quantitative estimate of drug-likeness (QED) is 0.768. The van der Waals surface area contributed by atoms with E-state index in [1.54, 1.807) is 29.5 Å². The van der Waals surface area contributed by atoms with Gasteiger partial charge in [0.2, 0.25) is 0 Å². The molecule has 18 heavy (non-hydrogen) atoms. The van der Waals surface area contributed by atoms with Crippen LogP contribution >= 0.6 is 11.3 Å². The molecule has 0 amide bonds. The van der Waals surface area contributed by atoms with Gasteiger partial charge in [0.15, 0.2) is 0 Å². The second-order valence-electron chi connectivity index (χ2n) is 4.24. The van der Waals surface area contributed by atoms with Crippen LogP contribution in [-0.2, 0) is 17.6 Å². The Bertz CT molecular complexity index is 505. The Morgan fingerprint density at radius 3 is 2.72 bits per heavy atom. The second kappa shape index (κ2) is 6.45. The first-order chi connectivity index (χ1) is 8.75. The monoisotopic (exact) mass is 262 g/mol. The zero-order chi connectivity index (χ0) is 12.8. The van der Waals surface area contributed by atoms with Crippen molar-refractivity contribution in [2.75, 3.05) is 0 Å². The first-order valence-electron chi connectivity index (χ1n) is 6.03. The van der Waals surface area contributed by atoms with Crippen LogP contribution in [0.1, 0.15) is 23.3 Å². The zero-order valence-corrected chi connectivity index (χ0v) is 10.9. The lowest BCUT2D eigenvalue weighted by Crippen LogP contribution is -2.04. The van der Waals surface area contributed by atoms with Crippen molar-refractivity contribution in [3.8, 4) is 0 Å². The predicted octanol–water partition coefficient (Wildman–Crippen LogP) is 4.02. The van der Waals surface area contributed by atoms with Gasteiger partial charge < -0.3 is 0 Å². The van der Waals surface area contributed by atoms with Gasteiger partial charge in [-0.2, -0.15) is 0 Å². The number of aryl methyl sites for hydroxylation is 1. The molecule has 1 aromatic carbocycles. The molecule has 1 nitrogen and oxygen atoms in total. The topological polar surface area (TPSA) is 17.1 Å². The smallest absolute Gasteiger partial charge is 0.137 e. The van der Waals surface area contributed by atoms with Crippen LogP contribution < -0.4 is 0 Å². The Morgan fingerprint density at radius 1 is 1.17 bits per heavy atom. The Morgan fingerprint density at radius 2 is 2.00 bits per heavy atom. The molecule has 2 aromatic rings. The maximum atomic E-state index is 13.3. The molecule has 0 spiro atoms. The Balaban J connectivity index is 1.77. The molecule has 0 unspecified atom stereocenters. The van der Waals surface area contributed by atoms with E-state index in [1.165, 1.54) is 10.9 Å². The van der Waals surface area contributed by atoms with Crippen LogP contribution in [0.15, 0.2) is 41.8 Å². The summed E-state index contributed by atoms with van der Waals surface area (Å²) in [5, 5.41) is 2.04. The number of Topliss-reactive ketones (excluding diaryl/α,β-unsaturated/α-hetero) is 1. The number of carbonyl (C=O) groups is 1. The normalized spacial score (nSPS) is 10.5. The Hall–Kier alpha value is -1.48. The third kappa shape index (κ3) is 3.77. The molecule has 1 aromatic heterocycles. The molecule has 0 aliphatic heterocycles. The molecule has 1 heterocycles. The zero-order valence-electron chi connectivity index (χ0n) is 10.1. The molecular weight excluding hydrogens is 247 g/mol. The van der Waals surface area contributed by atoms with E-state index in [9.17, 15) is 9.18 Å². The van der Waals surface area contributed by atoms with Crippen LogP contribution in [0.5, 0.6) is 0 Å². The average molecular weight is 262 g/mol. The van der Waals surface area contributed by atoms with E-state index in [4.69, 9.17) is 0 Å². The number of hydrogen-bond donors (Lipinski definition) is 0. The van der Waals surface area contributed by atoms with E-state index in [0.717, 1.165) is 12.8 Å². The van der Waals surface area contributed by atoms with Crippen LogP contribution in [0.4, 0.5) is 4.39 Å². The summed E-state index contributed by atoms with van der Waals surface area (Å²) < 4.78 is 13.3. The highest BCUT2D eigenvalue weighted by molar-refractivity contribution is 7.09. The molecule has 94 valence electrons. The van der Waals surface area contributed by atoms with Crippen LogP contribution in [0, 0.1) is 5.82 Å². The first kappa shape index (κ1) is 13.0. The van der Waals surface area contributed by atoms with Crippen molar-refractivity contribution >= 4 is 17.1 Å². The number of ketones is 1. The summed E-state index contributed by atoms with van der Waals surface area (Å²) in [4.78, 5) is 13.0. The van der Waals surface area contributed by atoms with Gasteiger partial charge in [-0.1, -0.05) is 24.3 Å². The highest BCUT2D eigenvalue weighted by atomic mass is 32.1. The number of carbonyl (C=O) groups excluding carboxylic acids is 1. The molecule has 0 bridgehead atoms. The van der Waals surface area contributed by atoms with Gasteiger partial charge >= 0.3 is 0 Å². The van der Waals surface area contributed by atoms with Gasteiger partial charge in [0.25, 0.3) is 0 Å². The molecular formula is C15H15FOS. The highest BCUT2D eigenvalue weighted by Gasteiger charge is 2.07. The van der Waals surface area contributed by atoms with Crippen molar-refractivity contribution in [2.45, 2.75) is 25.7 Å². The summed E-state index contributed by atoms with van der Waals surface area (Å²) >= 11 is 1.71. The molecule has 0 aliphatic rings. The third-order valence-electron chi connectivity index (χ3n) is 2.80. The standard InChI is InChI=1S/C15H15FOS/c16-15-9-2-1-5-12(15)11-13(17)6-3-7-14-8-4-10-18-14/h1-2,4-5,8-10H,3,6-7,11H2. The summed E-state index contributed by atoms with van der Waals surface area (Å²) in [7, 11) is 0. The minimum Gasteiger partial charge on any atom is -0.299 e. The summed E-state index contributed by atoms with van der Waals surface area (Å²) in [6.07, 6.45) is 2.50. The predicted molar refractivity (Wildman–Crippen MR) is 72.4 cm³/mol. The van der Waals surface area contributed by atoms with Crippen molar-refractivity contribution in [1.29, 1.82) is 0 Å². The second-order valence-corrected chi connectivity index (χ2v) is 5.27. The van der Waals surface area contributed by atoms with Crippen LogP contribution in [0.2, 0.25) is 0 Å². The minimum absolute atomic E-state index is 0.108. The number of thiophene rings is 1. The molecule has 3 heteroatoms. The fourth-order valence-electron chi connectivity index (χ4n) is 1.86. The van der Waals surface area contributed by atoms with Gasteiger partial charge in [-0.05, 0) is 35.9 Å². The van der Waals surface area contributed by atoms with Gasteiger partial charge in [-0.15, -0.1) is 11.3 Å². The SMILES string of the molecule is O=C(CCCc1cccs1)Cc1ccccc1F. The third-order valence-corrected chi connectivity index (χ3v) is 3.74. The minimum atomic E-state index is -0.288. The van der Waals surface area contributed by atoms with Crippen molar-refractivity contribution in [3.63, 3.8) is 0 Å². The fourth-order valence-corrected chi connectivity index (χ4v) is 2.61. The van der Waals surface area contributed by atoms with Gasteiger partial charge in [-0.3, -0.25) is 4.79 Å². The van der Waals surface area contributed by atoms with E-state index in [2.05, 4.69) is 6.07 Å². The maximum absolute atomic E-state index is 13.3. The maximum Gasteiger partial charge on any atom is 0.137 e. The average Bonchev–Trinajstić information content (AvgIpc) is 2.85. The number of benzene rings is 1. The van der Waals surface area contributed by atoms with Gasteiger partial charge in [0.05, 0.1) is 0 Å². The number of rotatable bonds is 6. The Kier molecular flexibility index (Phi) is 4.65. The summed E-state index contributed by atoms with van der Waals surface area (Å²) in [6.45, 7) is 0. The van der Waals surface area contributed by atoms with Crippen molar-refractivity contribution < 1.29 is 9.18 Å². The van der Waals surface area contributed by atoms with Gasteiger partial charge in [0.1, 0.15) is 11.6 Å². The Labute approximate surface area is 110 Å². The summed E-state index contributed by atoms with van der Waals surface area (Å²) in [5.74, 6) is -0.180. The van der Waals surface area contributed by atoms with E-state index in [-0.39, 0.29) is 18.0 Å². The van der Waals surface area contributed by atoms with E-state index in [0.29, 0.717) is 12.0 Å². The van der Waals surface area contributed by atoms with E-state index < -0.39 is 0 Å². The largest absolute Gasteiger partial charge is 0.299 e. The number of hydrogen-bond acceptors (Lipinski definition) is 2. The molecule has 0 saturated carbocycles. The molecule has 0 radical (unpaired) electrons.